The fourth-order valence-electron chi connectivity index (χ4n) is 2.73. The van der Waals surface area contributed by atoms with E-state index < -0.39 is 0 Å². The predicted molar refractivity (Wildman–Crippen MR) is 97.0 cm³/mol. The van der Waals surface area contributed by atoms with Gasteiger partial charge in [0.05, 0.1) is 0 Å². The highest BCUT2D eigenvalue weighted by molar-refractivity contribution is 5.88. The summed E-state index contributed by atoms with van der Waals surface area (Å²) in [5.41, 5.74) is 4.85. The molecular formula is C21H21N. The Morgan fingerprint density at radius 2 is 1.64 bits per heavy atom. The zero-order chi connectivity index (χ0) is 15.4. The van der Waals surface area contributed by atoms with E-state index in [1.54, 1.807) is 0 Å². The molecule has 0 aliphatic carbocycles. The molecule has 3 rings (SSSR count). The van der Waals surface area contributed by atoms with Gasteiger partial charge in [-0.2, -0.15) is 0 Å². The Bertz CT molecular complexity index is 815. The van der Waals surface area contributed by atoms with E-state index in [-0.39, 0.29) is 0 Å². The molecule has 110 valence electrons. The quantitative estimate of drug-likeness (QED) is 0.619. The van der Waals surface area contributed by atoms with Crippen molar-refractivity contribution in [3.05, 3.63) is 83.9 Å². The van der Waals surface area contributed by atoms with Gasteiger partial charge in [0, 0.05) is 16.9 Å². The zero-order valence-electron chi connectivity index (χ0n) is 13.1. The highest BCUT2D eigenvalue weighted by atomic mass is 14.9. The first-order valence-corrected chi connectivity index (χ1v) is 7.80. The van der Waals surface area contributed by atoms with Crippen LogP contribution in [0.15, 0.2) is 72.8 Å². The van der Waals surface area contributed by atoms with Crippen molar-refractivity contribution in [1.29, 1.82) is 0 Å². The van der Waals surface area contributed by atoms with Crippen molar-refractivity contribution < 1.29 is 0 Å². The van der Waals surface area contributed by atoms with Gasteiger partial charge in [0.2, 0.25) is 0 Å². The van der Waals surface area contributed by atoms with E-state index in [0.717, 1.165) is 12.1 Å². The predicted octanol–water partition coefficient (Wildman–Crippen LogP) is 6.01. The van der Waals surface area contributed by atoms with Crippen LogP contribution in [-0.2, 0) is 0 Å². The summed E-state index contributed by atoms with van der Waals surface area (Å²) in [5.74, 6) is 0. The lowest BCUT2D eigenvalue weighted by Gasteiger charge is -2.14. The second-order valence-corrected chi connectivity index (χ2v) is 5.53. The number of aryl methyl sites for hydroxylation is 1. The lowest BCUT2D eigenvalue weighted by molar-refractivity contribution is 1.22. The Kier molecular flexibility index (Phi) is 4.24. The molecule has 0 amide bonds. The van der Waals surface area contributed by atoms with E-state index in [1.807, 2.05) is 0 Å². The fraction of sp³-hybridized carbons (Fsp3) is 0.143. The molecule has 22 heavy (non-hydrogen) atoms. The maximum absolute atomic E-state index is 3.59. The van der Waals surface area contributed by atoms with Gasteiger partial charge in [-0.05, 0) is 41.8 Å². The van der Waals surface area contributed by atoms with Gasteiger partial charge in [-0.15, -0.1) is 0 Å². The van der Waals surface area contributed by atoms with Crippen LogP contribution in [0, 0.1) is 6.92 Å². The van der Waals surface area contributed by atoms with Crippen molar-refractivity contribution >= 4 is 22.2 Å². The van der Waals surface area contributed by atoms with Crippen LogP contribution in [0.3, 0.4) is 0 Å². The summed E-state index contributed by atoms with van der Waals surface area (Å²) in [6, 6.07) is 23.5. The molecule has 1 heteroatoms. The van der Waals surface area contributed by atoms with Gasteiger partial charge in [-0.1, -0.05) is 67.6 Å². The lowest BCUT2D eigenvalue weighted by Crippen LogP contribution is -2.00. The lowest BCUT2D eigenvalue weighted by atomic mass is 10.0. The molecule has 3 aromatic carbocycles. The van der Waals surface area contributed by atoms with Crippen molar-refractivity contribution in [2.45, 2.75) is 20.3 Å². The highest BCUT2D eigenvalue weighted by Gasteiger charge is 2.05. The third kappa shape index (κ3) is 3.04. The number of benzene rings is 3. The number of fused-ring (bicyclic) bond motifs is 1. The number of anilines is 1. The van der Waals surface area contributed by atoms with E-state index in [1.165, 1.54) is 27.6 Å². The Labute approximate surface area is 132 Å². The van der Waals surface area contributed by atoms with Crippen LogP contribution in [-0.4, -0.2) is 0 Å². The minimum Gasteiger partial charge on any atom is -0.355 e. The molecule has 0 heterocycles. The van der Waals surface area contributed by atoms with Gasteiger partial charge >= 0.3 is 0 Å². The second-order valence-electron chi connectivity index (χ2n) is 5.53. The molecule has 0 aliphatic rings. The minimum absolute atomic E-state index is 1.00. The van der Waals surface area contributed by atoms with Gasteiger partial charge in [0.1, 0.15) is 0 Å². The highest BCUT2D eigenvalue weighted by Crippen LogP contribution is 2.25. The average molecular weight is 287 g/mol. The number of hydrogen-bond acceptors (Lipinski definition) is 1. The van der Waals surface area contributed by atoms with Crippen LogP contribution in [0.4, 0.5) is 5.69 Å². The zero-order valence-corrected chi connectivity index (χ0v) is 13.1. The minimum atomic E-state index is 1.00. The summed E-state index contributed by atoms with van der Waals surface area (Å²) in [5, 5.41) is 6.12. The maximum Gasteiger partial charge on any atom is 0.0419 e. The molecule has 0 fully saturated rings. The fourth-order valence-corrected chi connectivity index (χ4v) is 2.73. The first-order valence-electron chi connectivity index (χ1n) is 7.80. The molecule has 1 N–H and O–H groups in total. The van der Waals surface area contributed by atoms with E-state index in [2.05, 4.69) is 92.0 Å². The molecule has 3 aromatic rings. The van der Waals surface area contributed by atoms with Gasteiger partial charge < -0.3 is 5.32 Å². The van der Waals surface area contributed by atoms with E-state index in [9.17, 15) is 0 Å². The normalized spacial score (nSPS) is 11.6. The topological polar surface area (TPSA) is 12.0 Å². The summed E-state index contributed by atoms with van der Waals surface area (Å²) in [6.45, 7) is 4.32. The molecule has 0 aromatic heterocycles. The third-order valence-electron chi connectivity index (χ3n) is 3.87. The average Bonchev–Trinajstić information content (AvgIpc) is 2.55. The molecule has 1 nitrogen and oxygen atoms in total. The van der Waals surface area contributed by atoms with Crippen LogP contribution in [0.5, 0.6) is 0 Å². The molecule has 0 saturated carbocycles. The molecule has 0 radical (unpaired) electrons. The summed E-state index contributed by atoms with van der Waals surface area (Å²) < 4.78 is 0. The Hall–Kier alpha value is -2.54. The van der Waals surface area contributed by atoms with Crippen molar-refractivity contribution in [1.82, 2.24) is 0 Å². The number of allylic oxidation sites excluding steroid dienone is 1. The van der Waals surface area contributed by atoms with Crippen LogP contribution in [0.2, 0.25) is 0 Å². The van der Waals surface area contributed by atoms with Crippen molar-refractivity contribution in [2.24, 2.45) is 0 Å². The monoisotopic (exact) mass is 287 g/mol. The number of hydrogen-bond donors (Lipinski definition) is 1. The van der Waals surface area contributed by atoms with Crippen molar-refractivity contribution in [3.8, 4) is 0 Å². The Morgan fingerprint density at radius 1 is 0.909 bits per heavy atom. The van der Waals surface area contributed by atoms with Crippen LogP contribution in [0.25, 0.3) is 16.5 Å². The summed E-state index contributed by atoms with van der Waals surface area (Å²) >= 11 is 0. The summed E-state index contributed by atoms with van der Waals surface area (Å²) in [7, 11) is 0. The largest absolute Gasteiger partial charge is 0.355 e. The van der Waals surface area contributed by atoms with E-state index in [0.29, 0.717) is 0 Å². The maximum atomic E-state index is 3.59. The van der Waals surface area contributed by atoms with E-state index >= 15 is 0 Å². The standard InChI is InChI=1S/C21H21N/c1-3-8-21(20-12-7-4-9-16(20)2)22-19-14-13-17-10-5-6-11-18(17)15-19/h4-15,22H,3H2,1-2H3/b21-8+. The van der Waals surface area contributed by atoms with E-state index in [4.69, 9.17) is 0 Å². The smallest absolute Gasteiger partial charge is 0.0419 e. The molecule has 0 spiro atoms. The molecular weight excluding hydrogens is 266 g/mol. The van der Waals surface area contributed by atoms with Crippen LogP contribution in [0.1, 0.15) is 24.5 Å². The van der Waals surface area contributed by atoms with Crippen LogP contribution >= 0.6 is 0 Å². The molecule has 0 atom stereocenters. The first-order chi connectivity index (χ1) is 10.8. The Balaban J connectivity index is 1.96. The third-order valence-corrected chi connectivity index (χ3v) is 3.87. The number of rotatable bonds is 4. The van der Waals surface area contributed by atoms with Gasteiger partial charge in [0.25, 0.3) is 0 Å². The second kappa shape index (κ2) is 6.48. The van der Waals surface area contributed by atoms with Crippen molar-refractivity contribution in [3.63, 3.8) is 0 Å². The van der Waals surface area contributed by atoms with Gasteiger partial charge in [0.15, 0.2) is 0 Å². The molecule has 0 aliphatic heterocycles. The Morgan fingerprint density at radius 3 is 2.41 bits per heavy atom. The molecule has 0 bridgehead atoms. The van der Waals surface area contributed by atoms with Gasteiger partial charge in [-0.3, -0.25) is 0 Å². The first kappa shape index (κ1) is 14.4. The van der Waals surface area contributed by atoms with Crippen molar-refractivity contribution in [2.75, 3.05) is 5.32 Å². The summed E-state index contributed by atoms with van der Waals surface area (Å²) in [4.78, 5) is 0. The SMILES string of the molecule is CC/C=C(/Nc1ccc2ccccc2c1)c1ccccc1C. The summed E-state index contributed by atoms with van der Waals surface area (Å²) in [6.07, 6.45) is 3.25. The van der Waals surface area contributed by atoms with Gasteiger partial charge in [-0.25, -0.2) is 0 Å². The van der Waals surface area contributed by atoms with Crippen LogP contribution < -0.4 is 5.32 Å². The molecule has 0 unspecified atom stereocenters. The molecule has 0 saturated heterocycles. The number of nitrogens with one attached hydrogen (secondary N) is 1.